The Labute approximate surface area is 120 Å². The van der Waals surface area contributed by atoms with Crippen molar-refractivity contribution in [3.8, 4) is 5.75 Å². The molecule has 1 fully saturated rings. The molecule has 0 bridgehead atoms. The molecule has 1 heterocycles. The summed E-state index contributed by atoms with van der Waals surface area (Å²) in [6.45, 7) is 9.85. The molecular weight excluding hydrogens is 252 g/mol. The molecule has 1 amide bonds. The van der Waals surface area contributed by atoms with Crippen LogP contribution in [0.3, 0.4) is 0 Å². The largest absolute Gasteiger partial charge is 0.491 e. The summed E-state index contributed by atoms with van der Waals surface area (Å²) in [6.07, 6.45) is 0.154. The molecule has 1 unspecified atom stereocenters. The average Bonchev–Trinajstić information content (AvgIpc) is 2.29. The van der Waals surface area contributed by atoms with Gasteiger partial charge in [0.25, 0.3) is 0 Å². The molecule has 1 aliphatic rings. The second-order valence-corrected chi connectivity index (χ2v) is 5.84. The second kappa shape index (κ2) is 6.27. The molecule has 1 aliphatic heterocycles. The zero-order valence-electron chi connectivity index (χ0n) is 12.7. The predicted octanol–water partition coefficient (Wildman–Crippen LogP) is 2.58. The normalized spacial score (nSPS) is 16.6. The van der Waals surface area contributed by atoms with Crippen molar-refractivity contribution in [1.29, 1.82) is 0 Å². The third-order valence-corrected chi connectivity index (χ3v) is 3.76. The zero-order chi connectivity index (χ0) is 14.7. The van der Waals surface area contributed by atoms with Crippen LogP contribution in [0.1, 0.15) is 26.3 Å². The van der Waals surface area contributed by atoms with Crippen molar-refractivity contribution in [2.75, 3.05) is 18.4 Å². The van der Waals surface area contributed by atoms with Crippen LogP contribution in [0.5, 0.6) is 5.75 Å². The summed E-state index contributed by atoms with van der Waals surface area (Å²) in [7, 11) is 0. The maximum absolute atomic E-state index is 12.2. The van der Waals surface area contributed by atoms with Crippen LogP contribution < -0.4 is 15.4 Å². The van der Waals surface area contributed by atoms with Gasteiger partial charge in [0.15, 0.2) is 0 Å². The number of rotatable bonds is 5. The molecule has 1 saturated heterocycles. The molecule has 20 heavy (non-hydrogen) atoms. The molecule has 0 aliphatic carbocycles. The summed E-state index contributed by atoms with van der Waals surface area (Å²) in [6, 6.07) is 5.78. The van der Waals surface area contributed by atoms with E-state index >= 15 is 0 Å². The number of amides is 1. The molecule has 0 spiro atoms. The Kier molecular flexibility index (Phi) is 4.65. The van der Waals surface area contributed by atoms with E-state index in [1.54, 1.807) is 0 Å². The van der Waals surface area contributed by atoms with E-state index in [-0.39, 0.29) is 17.9 Å². The Balaban J connectivity index is 2.00. The fourth-order valence-corrected chi connectivity index (χ4v) is 2.25. The quantitative estimate of drug-likeness (QED) is 0.869. The highest BCUT2D eigenvalue weighted by Crippen LogP contribution is 2.24. The minimum absolute atomic E-state index is 0.0437. The fraction of sp³-hybridized carbons (Fsp3) is 0.562. The van der Waals surface area contributed by atoms with Gasteiger partial charge >= 0.3 is 0 Å². The van der Waals surface area contributed by atoms with Crippen molar-refractivity contribution in [3.05, 3.63) is 23.8 Å². The van der Waals surface area contributed by atoms with E-state index in [0.717, 1.165) is 30.1 Å². The topological polar surface area (TPSA) is 50.4 Å². The molecule has 0 saturated carbocycles. The number of ether oxygens (including phenoxy) is 1. The van der Waals surface area contributed by atoms with Crippen LogP contribution in [0.15, 0.2) is 18.2 Å². The van der Waals surface area contributed by atoms with Gasteiger partial charge in [0.2, 0.25) is 5.91 Å². The molecule has 110 valence electrons. The number of carbonyl (C=O) groups excluding carboxylic acids is 1. The Morgan fingerprint density at radius 1 is 1.35 bits per heavy atom. The van der Waals surface area contributed by atoms with E-state index in [4.69, 9.17) is 4.74 Å². The monoisotopic (exact) mass is 276 g/mol. The molecule has 4 heteroatoms. The summed E-state index contributed by atoms with van der Waals surface area (Å²) >= 11 is 0. The van der Waals surface area contributed by atoms with E-state index in [9.17, 15) is 4.79 Å². The van der Waals surface area contributed by atoms with E-state index in [2.05, 4.69) is 10.6 Å². The van der Waals surface area contributed by atoms with Crippen molar-refractivity contribution in [2.24, 2.45) is 11.8 Å². The van der Waals surface area contributed by atoms with Crippen LogP contribution in [0.25, 0.3) is 0 Å². The number of hydrogen-bond donors (Lipinski definition) is 2. The van der Waals surface area contributed by atoms with Gasteiger partial charge in [-0.3, -0.25) is 4.79 Å². The lowest BCUT2D eigenvalue weighted by Gasteiger charge is -2.31. The first-order valence-corrected chi connectivity index (χ1v) is 7.26. The summed E-state index contributed by atoms with van der Waals surface area (Å²) in [5.41, 5.74) is 1.89. The molecular formula is C16H24N2O2. The van der Waals surface area contributed by atoms with Crippen LogP contribution in [-0.4, -0.2) is 25.1 Å². The summed E-state index contributed by atoms with van der Waals surface area (Å²) < 4.78 is 5.65. The molecule has 0 radical (unpaired) electrons. The van der Waals surface area contributed by atoms with Gasteiger partial charge in [0, 0.05) is 11.6 Å². The number of nitrogens with one attached hydrogen (secondary N) is 2. The average molecular weight is 276 g/mol. The number of benzene rings is 1. The minimum Gasteiger partial charge on any atom is -0.491 e. The molecule has 2 rings (SSSR count). The van der Waals surface area contributed by atoms with Crippen LogP contribution in [-0.2, 0) is 4.79 Å². The number of anilines is 1. The second-order valence-electron chi connectivity index (χ2n) is 5.84. The van der Waals surface area contributed by atoms with Crippen molar-refractivity contribution in [2.45, 2.75) is 33.8 Å². The first-order chi connectivity index (χ1) is 9.47. The Morgan fingerprint density at radius 2 is 2.05 bits per heavy atom. The Bertz CT molecular complexity index is 481. The van der Waals surface area contributed by atoms with Crippen LogP contribution >= 0.6 is 0 Å². The smallest absolute Gasteiger partial charge is 0.227 e. The van der Waals surface area contributed by atoms with E-state index < -0.39 is 0 Å². The molecule has 1 atom stereocenters. The Morgan fingerprint density at radius 3 is 2.55 bits per heavy atom. The van der Waals surface area contributed by atoms with Gasteiger partial charge in [-0.05, 0) is 63.5 Å². The molecule has 1 aromatic rings. The summed E-state index contributed by atoms with van der Waals surface area (Å²) in [4.78, 5) is 12.2. The summed E-state index contributed by atoms with van der Waals surface area (Å²) in [5, 5.41) is 6.22. The lowest BCUT2D eigenvalue weighted by Crippen LogP contribution is -2.48. The number of aryl methyl sites for hydroxylation is 1. The molecule has 0 aromatic heterocycles. The van der Waals surface area contributed by atoms with Crippen molar-refractivity contribution < 1.29 is 9.53 Å². The van der Waals surface area contributed by atoms with Gasteiger partial charge in [0.05, 0.1) is 6.10 Å². The molecule has 4 nitrogen and oxygen atoms in total. The van der Waals surface area contributed by atoms with E-state index in [1.165, 1.54) is 0 Å². The number of hydrogen-bond acceptors (Lipinski definition) is 3. The first kappa shape index (κ1) is 14.9. The molecule has 1 aromatic carbocycles. The first-order valence-electron chi connectivity index (χ1n) is 7.26. The maximum atomic E-state index is 12.2. The lowest BCUT2D eigenvalue weighted by atomic mass is 9.88. The highest BCUT2D eigenvalue weighted by atomic mass is 16.5. The zero-order valence-corrected chi connectivity index (χ0v) is 12.7. The molecule has 2 N–H and O–H groups in total. The third kappa shape index (κ3) is 3.51. The fourth-order valence-electron chi connectivity index (χ4n) is 2.25. The van der Waals surface area contributed by atoms with Crippen molar-refractivity contribution in [1.82, 2.24) is 5.32 Å². The highest BCUT2D eigenvalue weighted by molar-refractivity contribution is 5.93. The van der Waals surface area contributed by atoms with Gasteiger partial charge in [-0.25, -0.2) is 0 Å². The Hall–Kier alpha value is -1.55. The van der Waals surface area contributed by atoms with Gasteiger partial charge in [-0.15, -0.1) is 0 Å². The van der Waals surface area contributed by atoms with Crippen molar-refractivity contribution >= 4 is 11.6 Å². The van der Waals surface area contributed by atoms with Crippen LogP contribution in [0.4, 0.5) is 5.69 Å². The SMILES string of the molecule is Cc1cc(OC(C)C)ccc1NC(=O)C(C)C1CNC1. The van der Waals surface area contributed by atoms with Gasteiger partial charge in [-0.2, -0.15) is 0 Å². The summed E-state index contributed by atoms with van der Waals surface area (Å²) in [5.74, 6) is 1.44. The standard InChI is InChI=1S/C16H24N2O2/c1-10(2)20-14-5-6-15(11(3)7-14)18-16(19)12(4)13-8-17-9-13/h5-7,10,12-13,17H,8-9H2,1-4H3,(H,18,19). The van der Waals surface area contributed by atoms with Crippen LogP contribution in [0.2, 0.25) is 0 Å². The van der Waals surface area contributed by atoms with E-state index in [0.29, 0.717) is 5.92 Å². The number of carbonyl (C=O) groups is 1. The van der Waals surface area contributed by atoms with Gasteiger partial charge in [0.1, 0.15) is 5.75 Å². The minimum atomic E-state index is 0.0437. The third-order valence-electron chi connectivity index (χ3n) is 3.76. The predicted molar refractivity (Wildman–Crippen MR) is 81.1 cm³/mol. The highest BCUT2D eigenvalue weighted by Gasteiger charge is 2.28. The van der Waals surface area contributed by atoms with Crippen LogP contribution in [0, 0.1) is 18.8 Å². The lowest BCUT2D eigenvalue weighted by molar-refractivity contribution is -0.121. The van der Waals surface area contributed by atoms with Gasteiger partial charge in [-0.1, -0.05) is 6.92 Å². The maximum Gasteiger partial charge on any atom is 0.227 e. The van der Waals surface area contributed by atoms with Gasteiger partial charge < -0.3 is 15.4 Å². The van der Waals surface area contributed by atoms with E-state index in [1.807, 2.05) is 45.9 Å². The van der Waals surface area contributed by atoms with Crippen molar-refractivity contribution in [3.63, 3.8) is 0 Å².